The summed E-state index contributed by atoms with van der Waals surface area (Å²) >= 11 is 0. The molecule has 1 heterocycles. The summed E-state index contributed by atoms with van der Waals surface area (Å²) in [6.45, 7) is 1.74. The highest BCUT2D eigenvalue weighted by Gasteiger charge is 2.24. The molecule has 0 saturated carbocycles. The first-order valence-electron chi connectivity index (χ1n) is 4.43. The third-order valence-electron chi connectivity index (χ3n) is 2.02. The van der Waals surface area contributed by atoms with Gasteiger partial charge in [-0.15, -0.1) is 0 Å². The summed E-state index contributed by atoms with van der Waals surface area (Å²) in [5, 5.41) is 8.86. The summed E-state index contributed by atoms with van der Waals surface area (Å²) in [4.78, 5) is 10.8. The molecule has 1 aromatic heterocycles. The maximum atomic E-state index is 11.4. The van der Waals surface area contributed by atoms with Crippen LogP contribution in [0.15, 0.2) is 22.8 Å². The topological polar surface area (TPSA) is 67.5 Å². The van der Waals surface area contributed by atoms with Crippen LogP contribution in [0.4, 0.5) is 0 Å². The Labute approximate surface area is 82.7 Å². The fraction of sp³-hybridized carbons (Fsp3) is 0.444. The van der Waals surface area contributed by atoms with Crippen LogP contribution in [0.1, 0.15) is 12.7 Å². The van der Waals surface area contributed by atoms with Gasteiger partial charge in [0, 0.05) is 6.42 Å². The van der Waals surface area contributed by atoms with Gasteiger partial charge in [-0.25, -0.2) is 0 Å². The normalized spacial score (nSPS) is 14.9. The minimum Gasteiger partial charge on any atom is -0.481 e. The van der Waals surface area contributed by atoms with E-state index in [0.29, 0.717) is 11.9 Å². The molecule has 0 aliphatic rings. The molecule has 1 rings (SSSR count). The highest BCUT2D eigenvalue weighted by atomic mass is 31.1. The average molecular weight is 216 g/mol. The van der Waals surface area contributed by atoms with Gasteiger partial charge in [0.1, 0.15) is 11.4 Å². The molecule has 1 aromatic rings. The van der Waals surface area contributed by atoms with Crippen LogP contribution in [0.3, 0.4) is 0 Å². The summed E-state index contributed by atoms with van der Waals surface area (Å²) in [5.74, 6) is -0.434. The van der Waals surface area contributed by atoms with Gasteiger partial charge >= 0.3 is 5.97 Å². The van der Waals surface area contributed by atoms with Gasteiger partial charge in [-0.3, -0.25) is 4.79 Å². The maximum Gasteiger partial charge on any atom is 0.314 e. The highest BCUT2D eigenvalue weighted by molar-refractivity contribution is 7.46. The van der Waals surface area contributed by atoms with Gasteiger partial charge < -0.3 is 14.1 Å². The van der Waals surface area contributed by atoms with Gasteiger partial charge in [0.05, 0.1) is 14.1 Å². The quantitative estimate of drug-likeness (QED) is 0.762. The molecule has 0 spiro atoms. The monoisotopic (exact) mass is 216 g/mol. The number of aliphatic carboxylic acids is 1. The Hall–Kier alpha value is -1.02. The van der Waals surface area contributed by atoms with E-state index in [1.807, 2.05) is 0 Å². The number of hydrogen-bond acceptors (Lipinski definition) is 3. The Morgan fingerprint density at radius 1 is 1.71 bits per heavy atom. The molecule has 5 heteroatoms. The molecule has 0 bridgehead atoms. The lowest BCUT2D eigenvalue weighted by Crippen LogP contribution is -2.19. The predicted molar refractivity (Wildman–Crippen MR) is 53.4 cm³/mol. The first-order valence-corrected chi connectivity index (χ1v) is 6.12. The van der Waals surface area contributed by atoms with E-state index >= 15 is 0 Å². The zero-order valence-corrected chi connectivity index (χ0v) is 8.90. The number of rotatable bonds is 5. The van der Waals surface area contributed by atoms with Crippen molar-refractivity contribution in [1.82, 2.24) is 0 Å². The van der Waals surface area contributed by atoms with E-state index in [9.17, 15) is 9.36 Å². The van der Waals surface area contributed by atoms with Gasteiger partial charge in [0.2, 0.25) is 0 Å². The lowest BCUT2D eigenvalue weighted by atomic mass is 10.2. The molecular formula is C9H13O4P. The van der Waals surface area contributed by atoms with Crippen LogP contribution in [-0.2, 0) is 15.8 Å². The van der Waals surface area contributed by atoms with Crippen molar-refractivity contribution in [3.8, 4) is 0 Å². The van der Waals surface area contributed by atoms with Crippen LogP contribution in [0.2, 0.25) is 0 Å². The third kappa shape index (κ3) is 2.74. The molecule has 14 heavy (non-hydrogen) atoms. The van der Waals surface area contributed by atoms with Crippen molar-refractivity contribution in [3.63, 3.8) is 0 Å². The molecule has 0 amide bonds. The average Bonchev–Trinajstić information content (AvgIpc) is 2.65. The van der Waals surface area contributed by atoms with E-state index in [4.69, 9.17) is 9.52 Å². The molecule has 1 N–H and O–H groups in total. The smallest absolute Gasteiger partial charge is 0.314 e. The fourth-order valence-corrected chi connectivity index (χ4v) is 2.41. The minimum absolute atomic E-state index is 0.216. The van der Waals surface area contributed by atoms with Gasteiger partial charge in [0.15, 0.2) is 0 Å². The molecule has 2 atom stereocenters. The standard InChI is InChI=1S/C9H13O4P/c1-2-14(12)8(9(10)11)6-7-4-3-5-13-7/h3-5,8,14H,2,6H2,1H3,(H,10,11)/t8-/m0/s1. The minimum atomic E-state index is -2.05. The second-order valence-corrected chi connectivity index (χ2v) is 5.33. The van der Waals surface area contributed by atoms with Crippen LogP contribution in [0.5, 0.6) is 0 Å². The van der Waals surface area contributed by atoms with Crippen LogP contribution >= 0.6 is 7.80 Å². The van der Waals surface area contributed by atoms with Crippen molar-refractivity contribution < 1.29 is 18.9 Å². The molecule has 0 saturated heterocycles. The van der Waals surface area contributed by atoms with Crippen molar-refractivity contribution in [3.05, 3.63) is 24.2 Å². The largest absolute Gasteiger partial charge is 0.481 e. The molecule has 1 unspecified atom stereocenters. The molecule has 0 aromatic carbocycles. The lowest BCUT2D eigenvalue weighted by molar-refractivity contribution is -0.136. The summed E-state index contributed by atoms with van der Waals surface area (Å²) in [7, 11) is -2.05. The summed E-state index contributed by atoms with van der Waals surface area (Å²) in [6.07, 6.45) is 2.12. The lowest BCUT2D eigenvalue weighted by Gasteiger charge is -2.08. The molecular weight excluding hydrogens is 203 g/mol. The Balaban J connectivity index is 2.70. The summed E-state index contributed by atoms with van der Waals surface area (Å²) in [6, 6.07) is 3.39. The Kier molecular flexibility index (Phi) is 3.96. The highest BCUT2D eigenvalue weighted by Crippen LogP contribution is 2.30. The zero-order chi connectivity index (χ0) is 10.6. The van der Waals surface area contributed by atoms with Gasteiger partial charge in [-0.05, 0) is 18.3 Å². The Bertz CT molecular complexity index is 318. The van der Waals surface area contributed by atoms with E-state index in [1.54, 1.807) is 19.1 Å². The van der Waals surface area contributed by atoms with Crippen molar-refractivity contribution in [2.75, 3.05) is 6.16 Å². The maximum absolute atomic E-state index is 11.4. The molecule has 0 aliphatic heterocycles. The van der Waals surface area contributed by atoms with Gasteiger partial charge in [-0.1, -0.05) is 6.92 Å². The van der Waals surface area contributed by atoms with Crippen LogP contribution < -0.4 is 0 Å². The summed E-state index contributed by atoms with van der Waals surface area (Å²) < 4.78 is 16.5. The van der Waals surface area contributed by atoms with E-state index in [0.717, 1.165) is 0 Å². The molecule has 78 valence electrons. The van der Waals surface area contributed by atoms with Crippen molar-refractivity contribution in [1.29, 1.82) is 0 Å². The Morgan fingerprint density at radius 3 is 2.86 bits per heavy atom. The number of furan rings is 1. The Morgan fingerprint density at radius 2 is 2.43 bits per heavy atom. The number of carbonyl (C=O) groups is 1. The SMILES string of the molecule is CC[PH](=O)[C@@H](Cc1ccco1)C(=O)O. The van der Waals surface area contributed by atoms with E-state index in [1.165, 1.54) is 6.26 Å². The van der Waals surface area contributed by atoms with Crippen molar-refractivity contribution in [2.24, 2.45) is 0 Å². The van der Waals surface area contributed by atoms with E-state index in [2.05, 4.69) is 0 Å². The molecule has 0 aliphatic carbocycles. The molecule has 4 nitrogen and oxygen atoms in total. The van der Waals surface area contributed by atoms with Crippen LogP contribution in [0, 0.1) is 0 Å². The second kappa shape index (κ2) is 5.01. The summed E-state index contributed by atoms with van der Waals surface area (Å²) in [5.41, 5.74) is -0.795. The van der Waals surface area contributed by atoms with Crippen molar-refractivity contribution in [2.45, 2.75) is 19.0 Å². The predicted octanol–water partition coefficient (Wildman–Crippen LogP) is 1.85. The fourth-order valence-electron chi connectivity index (χ4n) is 1.22. The van der Waals surface area contributed by atoms with E-state index in [-0.39, 0.29) is 6.42 Å². The molecule has 0 fully saturated rings. The third-order valence-corrected chi connectivity index (χ3v) is 3.95. The first-order chi connectivity index (χ1) is 6.65. The van der Waals surface area contributed by atoms with Crippen LogP contribution in [-0.4, -0.2) is 22.9 Å². The number of carboxylic acids is 1. The van der Waals surface area contributed by atoms with Gasteiger partial charge in [-0.2, -0.15) is 0 Å². The first kappa shape index (κ1) is 11.1. The zero-order valence-electron chi connectivity index (χ0n) is 7.90. The molecule has 0 radical (unpaired) electrons. The van der Waals surface area contributed by atoms with Crippen LogP contribution in [0.25, 0.3) is 0 Å². The number of carboxylic acid groups (broad SMARTS) is 1. The number of hydrogen-bond donors (Lipinski definition) is 1. The van der Waals surface area contributed by atoms with E-state index < -0.39 is 19.4 Å². The van der Waals surface area contributed by atoms with Crippen molar-refractivity contribution >= 4 is 13.8 Å². The van der Waals surface area contributed by atoms with Gasteiger partial charge in [0.25, 0.3) is 0 Å². The second-order valence-electron chi connectivity index (χ2n) is 2.99.